The molecule has 1 aliphatic rings. The summed E-state index contributed by atoms with van der Waals surface area (Å²) in [5.41, 5.74) is 1.39. The van der Waals surface area contributed by atoms with Gasteiger partial charge in [0.2, 0.25) is 0 Å². The molecule has 1 aromatic carbocycles. The van der Waals surface area contributed by atoms with Crippen LogP contribution in [0.4, 0.5) is 0 Å². The first-order chi connectivity index (χ1) is 6.31. The van der Waals surface area contributed by atoms with E-state index in [1.54, 1.807) is 0 Å². The SMILES string of the molecule is BrC1(c2ccccc2)CC[N]CC1. The molecule has 1 aliphatic heterocycles. The van der Waals surface area contributed by atoms with Gasteiger partial charge in [-0.05, 0) is 18.4 Å². The van der Waals surface area contributed by atoms with Crippen LogP contribution in [0.2, 0.25) is 0 Å². The van der Waals surface area contributed by atoms with Crippen molar-refractivity contribution in [2.45, 2.75) is 17.2 Å². The molecule has 2 heteroatoms. The van der Waals surface area contributed by atoms with Crippen molar-refractivity contribution in [1.82, 2.24) is 5.32 Å². The number of piperidine rings is 1. The second kappa shape index (κ2) is 3.81. The van der Waals surface area contributed by atoms with Crippen molar-refractivity contribution >= 4 is 15.9 Å². The van der Waals surface area contributed by atoms with Gasteiger partial charge in [-0.25, -0.2) is 5.32 Å². The lowest BCUT2D eigenvalue weighted by molar-refractivity contribution is 0.426. The van der Waals surface area contributed by atoms with Crippen molar-refractivity contribution in [2.75, 3.05) is 13.1 Å². The summed E-state index contributed by atoms with van der Waals surface area (Å²) in [6.07, 6.45) is 2.24. The van der Waals surface area contributed by atoms with Crippen molar-refractivity contribution in [3.8, 4) is 0 Å². The van der Waals surface area contributed by atoms with Crippen LogP contribution in [0.3, 0.4) is 0 Å². The molecular formula is C11H13BrN. The van der Waals surface area contributed by atoms with E-state index in [0.29, 0.717) is 0 Å². The summed E-state index contributed by atoms with van der Waals surface area (Å²) in [5.74, 6) is 0. The van der Waals surface area contributed by atoms with Gasteiger partial charge < -0.3 is 0 Å². The summed E-state index contributed by atoms with van der Waals surface area (Å²) in [5, 5.41) is 4.37. The highest BCUT2D eigenvalue weighted by Crippen LogP contribution is 2.39. The van der Waals surface area contributed by atoms with Crippen molar-refractivity contribution in [2.24, 2.45) is 0 Å². The Labute approximate surface area is 87.7 Å². The molecule has 0 aromatic heterocycles. The molecule has 1 saturated heterocycles. The van der Waals surface area contributed by atoms with Gasteiger partial charge in [0.25, 0.3) is 0 Å². The zero-order chi connectivity index (χ0) is 9.15. The number of benzene rings is 1. The number of alkyl halides is 1. The van der Waals surface area contributed by atoms with Gasteiger partial charge in [0.05, 0.1) is 4.32 Å². The lowest BCUT2D eigenvalue weighted by Gasteiger charge is -2.31. The van der Waals surface area contributed by atoms with Crippen LogP contribution in [0.1, 0.15) is 18.4 Å². The van der Waals surface area contributed by atoms with Crippen molar-refractivity contribution in [1.29, 1.82) is 0 Å². The summed E-state index contributed by atoms with van der Waals surface area (Å²) >= 11 is 3.84. The number of nitrogens with zero attached hydrogens (tertiary/aromatic N) is 1. The third-order valence-electron chi connectivity index (χ3n) is 2.62. The molecule has 0 bridgehead atoms. The topological polar surface area (TPSA) is 14.1 Å². The van der Waals surface area contributed by atoms with Crippen LogP contribution in [0.25, 0.3) is 0 Å². The molecular weight excluding hydrogens is 226 g/mol. The van der Waals surface area contributed by atoms with Gasteiger partial charge >= 0.3 is 0 Å². The largest absolute Gasteiger partial charge is 0.242 e. The Balaban J connectivity index is 2.23. The van der Waals surface area contributed by atoms with Gasteiger partial charge in [-0.3, -0.25) is 0 Å². The predicted octanol–water partition coefficient (Wildman–Crippen LogP) is 2.68. The van der Waals surface area contributed by atoms with Crippen molar-refractivity contribution in [3.05, 3.63) is 35.9 Å². The molecule has 13 heavy (non-hydrogen) atoms. The Kier molecular flexibility index (Phi) is 2.70. The molecule has 0 saturated carbocycles. The smallest absolute Gasteiger partial charge is 0.0531 e. The maximum Gasteiger partial charge on any atom is 0.0531 e. The van der Waals surface area contributed by atoms with E-state index in [-0.39, 0.29) is 4.32 Å². The van der Waals surface area contributed by atoms with E-state index in [1.807, 2.05) is 0 Å². The molecule has 1 fully saturated rings. The minimum atomic E-state index is 0.190. The molecule has 0 unspecified atom stereocenters. The lowest BCUT2D eigenvalue weighted by Crippen LogP contribution is -2.31. The standard InChI is InChI=1S/C11H13BrN/c12-11(6-8-13-9-7-11)10-4-2-1-3-5-10/h1-5H,6-9H2. The van der Waals surface area contributed by atoms with Gasteiger partial charge in [-0.1, -0.05) is 46.3 Å². The number of halogens is 1. The van der Waals surface area contributed by atoms with E-state index < -0.39 is 0 Å². The maximum atomic E-state index is 4.37. The average molecular weight is 239 g/mol. The van der Waals surface area contributed by atoms with Crippen molar-refractivity contribution in [3.63, 3.8) is 0 Å². The van der Waals surface area contributed by atoms with E-state index in [0.717, 1.165) is 25.9 Å². The van der Waals surface area contributed by atoms with Crippen LogP contribution >= 0.6 is 15.9 Å². The van der Waals surface area contributed by atoms with E-state index in [1.165, 1.54) is 5.56 Å². The first kappa shape index (κ1) is 9.22. The Morgan fingerprint density at radius 2 is 1.69 bits per heavy atom. The molecule has 1 heterocycles. The maximum absolute atomic E-state index is 4.37. The summed E-state index contributed by atoms with van der Waals surface area (Å²) in [4.78, 5) is 0. The molecule has 0 aliphatic carbocycles. The molecule has 0 atom stereocenters. The fourth-order valence-electron chi connectivity index (χ4n) is 1.77. The van der Waals surface area contributed by atoms with Crippen LogP contribution in [0, 0.1) is 0 Å². The Morgan fingerprint density at radius 3 is 2.31 bits per heavy atom. The number of rotatable bonds is 1. The fourth-order valence-corrected chi connectivity index (χ4v) is 2.39. The van der Waals surface area contributed by atoms with Crippen LogP contribution < -0.4 is 5.32 Å². The molecule has 1 radical (unpaired) electrons. The molecule has 69 valence electrons. The average Bonchev–Trinajstić information content (AvgIpc) is 2.20. The third kappa shape index (κ3) is 1.94. The van der Waals surface area contributed by atoms with E-state index in [9.17, 15) is 0 Å². The van der Waals surface area contributed by atoms with Gasteiger partial charge in [-0.2, -0.15) is 0 Å². The molecule has 2 rings (SSSR count). The van der Waals surface area contributed by atoms with Gasteiger partial charge in [0.15, 0.2) is 0 Å². The Bertz CT molecular complexity index is 265. The zero-order valence-corrected chi connectivity index (χ0v) is 9.13. The van der Waals surface area contributed by atoms with E-state index in [4.69, 9.17) is 0 Å². The Hall–Kier alpha value is -0.340. The second-order valence-corrected chi connectivity index (χ2v) is 5.02. The molecule has 0 spiro atoms. The first-order valence-corrected chi connectivity index (χ1v) is 5.48. The highest BCUT2D eigenvalue weighted by molar-refractivity contribution is 9.09. The molecule has 1 nitrogen and oxygen atoms in total. The normalized spacial score (nSPS) is 21.3. The zero-order valence-electron chi connectivity index (χ0n) is 7.54. The van der Waals surface area contributed by atoms with Gasteiger partial charge in [0, 0.05) is 13.1 Å². The lowest BCUT2D eigenvalue weighted by atomic mass is 9.90. The predicted molar refractivity (Wildman–Crippen MR) is 58.1 cm³/mol. The monoisotopic (exact) mass is 238 g/mol. The fraction of sp³-hybridized carbons (Fsp3) is 0.455. The first-order valence-electron chi connectivity index (χ1n) is 4.69. The van der Waals surface area contributed by atoms with Crippen LogP contribution in [-0.4, -0.2) is 13.1 Å². The third-order valence-corrected chi connectivity index (χ3v) is 3.87. The number of hydrogen-bond acceptors (Lipinski definition) is 0. The summed E-state index contributed by atoms with van der Waals surface area (Å²) in [6.45, 7) is 1.97. The summed E-state index contributed by atoms with van der Waals surface area (Å²) < 4.78 is 0.190. The van der Waals surface area contributed by atoms with Gasteiger partial charge in [-0.15, -0.1) is 0 Å². The van der Waals surface area contributed by atoms with Crippen LogP contribution in [0.5, 0.6) is 0 Å². The van der Waals surface area contributed by atoms with Crippen LogP contribution in [0.15, 0.2) is 30.3 Å². The Morgan fingerprint density at radius 1 is 1.08 bits per heavy atom. The molecule has 0 N–H and O–H groups in total. The number of hydrogen-bond donors (Lipinski definition) is 0. The van der Waals surface area contributed by atoms with E-state index in [2.05, 4.69) is 51.6 Å². The minimum Gasteiger partial charge on any atom is -0.242 e. The van der Waals surface area contributed by atoms with Crippen molar-refractivity contribution < 1.29 is 0 Å². The quantitative estimate of drug-likeness (QED) is 0.669. The molecule has 0 amide bonds. The highest BCUT2D eigenvalue weighted by Gasteiger charge is 2.30. The minimum absolute atomic E-state index is 0.190. The highest BCUT2D eigenvalue weighted by atomic mass is 79.9. The van der Waals surface area contributed by atoms with E-state index >= 15 is 0 Å². The second-order valence-electron chi connectivity index (χ2n) is 3.50. The summed E-state index contributed by atoms with van der Waals surface area (Å²) in [7, 11) is 0. The van der Waals surface area contributed by atoms with Crippen LogP contribution in [-0.2, 0) is 4.32 Å². The van der Waals surface area contributed by atoms with Gasteiger partial charge in [0.1, 0.15) is 0 Å². The molecule has 1 aromatic rings. The summed E-state index contributed by atoms with van der Waals surface area (Å²) in [6, 6.07) is 10.7.